The summed E-state index contributed by atoms with van der Waals surface area (Å²) in [5.41, 5.74) is 0. The number of hydrogen-bond acceptors (Lipinski definition) is 2. The monoisotopic (exact) mass is 310 g/mol. The van der Waals surface area contributed by atoms with E-state index in [2.05, 4.69) is 27.5 Å². The molecule has 3 nitrogen and oxygen atoms in total. The van der Waals surface area contributed by atoms with Crippen molar-refractivity contribution in [3.8, 4) is 0 Å². The number of alkyl halides is 1. The first-order valence-electron chi connectivity index (χ1n) is 5.22. The van der Waals surface area contributed by atoms with Crippen LogP contribution in [0.25, 0.3) is 0 Å². The van der Waals surface area contributed by atoms with E-state index < -0.39 is 0 Å². The Morgan fingerprint density at radius 3 is 2.29 bits per heavy atom. The molecule has 4 heteroatoms. The lowest BCUT2D eigenvalue weighted by Crippen LogP contribution is -2.50. The third kappa shape index (κ3) is 3.38. The molecule has 0 bridgehead atoms. The number of piperazine rings is 1. The fourth-order valence-corrected chi connectivity index (χ4v) is 2.36. The van der Waals surface area contributed by atoms with E-state index >= 15 is 0 Å². The Hall–Kier alpha value is 0.160. The molecule has 82 valence electrons. The average molecular weight is 310 g/mol. The number of hydrogen-bond donors (Lipinski definition) is 0. The van der Waals surface area contributed by atoms with Gasteiger partial charge in [0.2, 0.25) is 5.91 Å². The van der Waals surface area contributed by atoms with Crippen LogP contribution in [0.5, 0.6) is 0 Å². The summed E-state index contributed by atoms with van der Waals surface area (Å²) >= 11 is 2.40. The molecule has 1 saturated heterocycles. The van der Waals surface area contributed by atoms with Crippen LogP contribution in [0, 0.1) is 5.92 Å². The Balaban J connectivity index is 2.32. The van der Waals surface area contributed by atoms with Crippen LogP contribution in [-0.4, -0.2) is 52.9 Å². The average Bonchev–Trinajstić information content (AvgIpc) is 2.18. The second kappa shape index (κ2) is 5.90. The molecule has 0 aliphatic carbocycles. The smallest absolute Gasteiger partial charge is 0.225 e. The van der Waals surface area contributed by atoms with Crippen LogP contribution < -0.4 is 0 Å². The molecule has 0 aromatic carbocycles. The molecule has 1 rings (SSSR count). The minimum absolute atomic E-state index is 0.145. The molecular formula is C10H19IN2O. The van der Waals surface area contributed by atoms with Crippen molar-refractivity contribution in [1.29, 1.82) is 0 Å². The fourth-order valence-electron chi connectivity index (χ4n) is 1.68. The van der Waals surface area contributed by atoms with E-state index in [1.54, 1.807) is 0 Å². The van der Waals surface area contributed by atoms with Crippen molar-refractivity contribution in [1.82, 2.24) is 9.80 Å². The highest BCUT2D eigenvalue weighted by Gasteiger charge is 2.21. The number of carbonyl (C=O) groups is 1. The molecule has 1 aliphatic rings. The van der Waals surface area contributed by atoms with Gasteiger partial charge in [-0.25, -0.2) is 0 Å². The van der Waals surface area contributed by atoms with Gasteiger partial charge in [-0.1, -0.05) is 36.4 Å². The number of carbonyl (C=O) groups excluding carboxylic acids is 1. The molecule has 0 saturated carbocycles. The SMILES string of the molecule is CC(C)C(=O)N1CCN(CCI)CC1. The quantitative estimate of drug-likeness (QED) is 0.578. The number of halogens is 1. The molecule has 0 aromatic rings. The Morgan fingerprint density at radius 1 is 1.29 bits per heavy atom. The summed E-state index contributed by atoms with van der Waals surface area (Å²) in [6, 6.07) is 0. The molecule has 14 heavy (non-hydrogen) atoms. The molecule has 0 radical (unpaired) electrons. The topological polar surface area (TPSA) is 23.6 Å². The van der Waals surface area contributed by atoms with E-state index in [0.717, 1.165) is 32.7 Å². The Kier molecular flexibility index (Phi) is 5.15. The molecular weight excluding hydrogens is 291 g/mol. The van der Waals surface area contributed by atoms with Gasteiger partial charge in [0.1, 0.15) is 0 Å². The van der Waals surface area contributed by atoms with E-state index in [9.17, 15) is 4.79 Å². The van der Waals surface area contributed by atoms with Gasteiger partial charge in [-0.05, 0) is 0 Å². The molecule has 0 aromatic heterocycles. The van der Waals surface area contributed by atoms with Crippen molar-refractivity contribution in [3.05, 3.63) is 0 Å². The Morgan fingerprint density at radius 2 is 1.86 bits per heavy atom. The lowest BCUT2D eigenvalue weighted by molar-refractivity contribution is -0.136. The van der Waals surface area contributed by atoms with Gasteiger partial charge in [0.25, 0.3) is 0 Å². The molecule has 0 N–H and O–H groups in total. The summed E-state index contributed by atoms with van der Waals surface area (Å²) in [7, 11) is 0. The van der Waals surface area contributed by atoms with Gasteiger partial charge < -0.3 is 4.90 Å². The second-order valence-electron chi connectivity index (χ2n) is 4.01. The maximum Gasteiger partial charge on any atom is 0.225 e. The van der Waals surface area contributed by atoms with E-state index in [-0.39, 0.29) is 5.92 Å². The lowest BCUT2D eigenvalue weighted by Gasteiger charge is -2.35. The van der Waals surface area contributed by atoms with Crippen molar-refractivity contribution in [2.24, 2.45) is 5.92 Å². The van der Waals surface area contributed by atoms with E-state index in [4.69, 9.17) is 0 Å². The van der Waals surface area contributed by atoms with Gasteiger partial charge in [0, 0.05) is 43.1 Å². The summed E-state index contributed by atoms with van der Waals surface area (Å²) in [5, 5.41) is 0. The van der Waals surface area contributed by atoms with Gasteiger partial charge >= 0.3 is 0 Å². The van der Waals surface area contributed by atoms with Crippen LogP contribution in [0.3, 0.4) is 0 Å². The van der Waals surface area contributed by atoms with Crippen molar-refractivity contribution >= 4 is 28.5 Å². The highest BCUT2D eigenvalue weighted by Crippen LogP contribution is 2.07. The number of nitrogens with zero attached hydrogens (tertiary/aromatic N) is 2. The summed E-state index contributed by atoms with van der Waals surface area (Å²) in [6.07, 6.45) is 0. The van der Waals surface area contributed by atoms with E-state index in [1.165, 1.54) is 4.43 Å². The van der Waals surface area contributed by atoms with Crippen LogP contribution >= 0.6 is 22.6 Å². The van der Waals surface area contributed by atoms with Crippen LogP contribution in [-0.2, 0) is 4.79 Å². The predicted molar refractivity (Wildman–Crippen MR) is 66.7 cm³/mol. The van der Waals surface area contributed by atoms with Crippen LogP contribution in [0.4, 0.5) is 0 Å². The van der Waals surface area contributed by atoms with Gasteiger partial charge in [-0.15, -0.1) is 0 Å². The highest BCUT2D eigenvalue weighted by molar-refractivity contribution is 14.1. The zero-order valence-corrected chi connectivity index (χ0v) is 11.2. The summed E-state index contributed by atoms with van der Waals surface area (Å²) in [6.45, 7) is 9.01. The van der Waals surface area contributed by atoms with Gasteiger partial charge in [0.15, 0.2) is 0 Å². The number of rotatable bonds is 3. The standard InChI is InChI=1S/C10H19IN2O/c1-9(2)10(14)13-7-5-12(4-3-11)6-8-13/h9H,3-8H2,1-2H3. The van der Waals surface area contributed by atoms with Crippen molar-refractivity contribution < 1.29 is 4.79 Å². The maximum atomic E-state index is 11.7. The first kappa shape index (κ1) is 12.2. The molecule has 1 amide bonds. The third-order valence-electron chi connectivity index (χ3n) is 2.58. The molecule has 0 atom stereocenters. The zero-order chi connectivity index (χ0) is 10.6. The van der Waals surface area contributed by atoms with Gasteiger partial charge in [-0.3, -0.25) is 9.69 Å². The summed E-state index contributed by atoms with van der Waals surface area (Å²) < 4.78 is 1.18. The molecule has 1 aliphatic heterocycles. The molecule has 0 unspecified atom stereocenters. The third-order valence-corrected chi connectivity index (χ3v) is 3.06. The lowest BCUT2D eigenvalue weighted by atomic mass is 10.1. The van der Waals surface area contributed by atoms with Crippen LogP contribution in [0.2, 0.25) is 0 Å². The van der Waals surface area contributed by atoms with Gasteiger partial charge in [0.05, 0.1) is 0 Å². The van der Waals surface area contributed by atoms with Crippen molar-refractivity contribution in [3.63, 3.8) is 0 Å². The number of amides is 1. The fraction of sp³-hybridized carbons (Fsp3) is 0.900. The minimum atomic E-state index is 0.145. The second-order valence-corrected chi connectivity index (χ2v) is 5.09. The molecule has 1 fully saturated rings. The summed E-state index contributed by atoms with van der Waals surface area (Å²) in [5.74, 6) is 0.449. The molecule has 0 spiro atoms. The minimum Gasteiger partial charge on any atom is -0.340 e. The Labute approximate surface area is 100.0 Å². The van der Waals surface area contributed by atoms with Crippen LogP contribution in [0.1, 0.15) is 13.8 Å². The molecule has 1 heterocycles. The van der Waals surface area contributed by atoms with E-state index in [0.29, 0.717) is 5.91 Å². The van der Waals surface area contributed by atoms with Crippen LogP contribution in [0.15, 0.2) is 0 Å². The highest BCUT2D eigenvalue weighted by atomic mass is 127. The Bertz CT molecular complexity index is 189. The largest absolute Gasteiger partial charge is 0.340 e. The van der Waals surface area contributed by atoms with Crippen molar-refractivity contribution in [2.45, 2.75) is 13.8 Å². The predicted octanol–water partition coefficient (Wildman–Crippen LogP) is 1.22. The van der Waals surface area contributed by atoms with E-state index in [1.807, 2.05) is 18.7 Å². The maximum absolute atomic E-state index is 11.7. The summed E-state index contributed by atoms with van der Waals surface area (Å²) in [4.78, 5) is 16.1. The van der Waals surface area contributed by atoms with Crippen molar-refractivity contribution in [2.75, 3.05) is 37.2 Å². The van der Waals surface area contributed by atoms with Gasteiger partial charge in [-0.2, -0.15) is 0 Å². The first-order valence-corrected chi connectivity index (χ1v) is 6.75. The zero-order valence-electron chi connectivity index (χ0n) is 9.00. The first-order chi connectivity index (χ1) is 6.65. The normalized spacial score (nSPS) is 19.0.